The Morgan fingerprint density at radius 2 is 1.63 bits per heavy atom. The Bertz CT molecular complexity index is 1010. The number of nitrogens with one attached hydrogen (secondary N) is 2. The molecule has 138 valence electrons. The van der Waals surface area contributed by atoms with Crippen LogP contribution in [-0.2, 0) is 0 Å². The average Bonchev–Trinajstić information content (AvgIpc) is 2.68. The Kier molecular flexibility index (Phi) is 5.72. The Morgan fingerprint density at radius 1 is 0.963 bits per heavy atom. The minimum atomic E-state index is 0.470. The van der Waals surface area contributed by atoms with E-state index in [4.69, 9.17) is 17.0 Å². The molecule has 0 amide bonds. The third-order valence-corrected chi connectivity index (χ3v) is 4.70. The van der Waals surface area contributed by atoms with Crippen LogP contribution in [0.2, 0.25) is 0 Å². The van der Waals surface area contributed by atoms with Gasteiger partial charge in [0, 0.05) is 5.69 Å². The molecule has 0 bridgehead atoms. The second kappa shape index (κ2) is 8.18. The van der Waals surface area contributed by atoms with E-state index in [-0.39, 0.29) is 0 Å². The molecule has 0 atom stereocenters. The molecule has 0 saturated heterocycles. The van der Waals surface area contributed by atoms with Crippen LogP contribution in [0.4, 0.5) is 5.69 Å². The van der Waals surface area contributed by atoms with Crippen molar-refractivity contribution in [3.8, 4) is 5.75 Å². The lowest BCUT2D eigenvalue weighted by Gasteiger charge is -2.13. The van der Waals surface area contributed by atoms with Gasteiger partial charge in [-0.3, -0.25) is 5.43 Å². The largest absolute Gasteiger partial charge is 0.497 e. The van der Waals surface area contributed by atoms with Crippen molar-refractivity contribution in [2.24, 2.45) is 5.10 Å². The number of thiocarbonyl (C=S) groups is 1. The summed E-state index contributed by atoms with van der Waals surface area (Å²) >= 11 is 5.39. The predicted molar refractivity (Wildman–Crippen MR) is 118 cm³/mol. The summed E-state index contributed by atoms with van der Waals surface area (Å²) in [6, 6.07) is 18.4. The summed E-state index contributed by atoms with van der Waals surface area (Å²) in [6.45, 7) is 6.06. The van der Waals surface area contributed by atoms with Crippen molar-refractivity contribution in [1.82, 2.24) is 5.43 Å². The smallest absolute Gasteiger partial charge is 0.191 e. The number of hydrazone groups is 1. The normalized spacial score (nSPS) is 11.3. The summed E-state index contributed by atoms with van der Waals surface area (Å²) in [5, 5.41) is 10.4. The molecule has 0 aliphatic heterocycles. The first-order valence-corrected chi connectivity index (χ1v) is 9.14. The first kappa shape index (κ1) is 18.9. The number of fused-ring (bicyclic) bond motifs is 1. The van der Waals surface area contributed by atoms with E-state index in [1.54, 1.807) is 7.11 Å². The van der Waals surface area contributed by atoms with Crippen LogP contribution < -0.4 is 15.5 Å². The number of hydrogen-bond donors (Lipinski definition) is 2. The van der Waals surface area contributed by atoms with Crippen LogP contribution in [0.15, 0.2) is 59.7 Å². The van der Waals surface area contributed by atoms with E-state index in [1.165, 1.54) is 0 Å². The molecular weight excluding hydrogens is 354 g/mol. The Labute approximate surface area is 165 Å². The van der Waals surface area contributed by atoms with Crippen molar-refractivity contribution >= 4 is 39.5 Å². The van der Waals surface area contributed by atoms with E-state index in [2.05, 4.69) is 54.0 Å². The number of ether oxygens (including phenoxy) is 1. The van der Waals surface area contributed by atoms with Crippen molar-refractivity contribution in [1.29, 1.82) is 0 Å². The van der Waals surface area contributed by atoms with Gasteiger partial charge in [-0.2, -0.15) is 5.10 Å². The fourth-order valence-corrected chi connectivity index (χ4v) is 3.08. The second-order valence-electron chi connectivity index (χ2n) is 6.46. The lowest BCUT2D eigenvalue weighted by molar-refractivity contribution is 0.415. The van der Waals surface area contributed by atoms with Gasteiger partial charge in [0.15, 0.2) is 5.11 Å². The molecule has 0 aromatic heterocycles. The molecule has 0 aliphatic carbocycles. The van der Waals surface area contributed by atoms with Crippen molar-refractivity contribution in [2.45, 2.75) is 20.8 Å². The number of aryl methyl sites for hydroxylation is 2. The minimum absolute atomic E-state index is 0.470. The van der Waals surface area contributed by atoms with Crippen molar-refractivity contribution in [2.75, 3.05) is 12.4 Å². The highest BCUT2D eigenvalue weighted by atomic mass is 32.1. The molecule has 0 radical (unpaired) electrons. The SMILES string of the molecule is COc1ccc2cc(/C(C)=N\NC(=S)Nc3c(C)cccc3C)ccc2c1. The van der Waals surface area contributed by atoms with E-state index < -0.39 is 0 Å². The zero-order valence-electron chi connectivity index (χ0n) is 16.0. The summed E-state index contributed by atoms with van der Waals surface area (Å²) in [5.74, 6) is 0.852. The maximum Gasteiger partial charge on any atom is 0.191 e. The van der Waals surface area contributed by atoms with Gasteiger partial charge >= 0.3 is 0 Å². The second-order valence-corrected chi connectivity index (χ2v) is 6.87. The van der Waals surface area contributed by atoms with Gasteiger partial charge in [0.2, 0.25) is 0 Å². The van der Waals surface area contributed by atoms with Crippen molar-refractivity contribution < 1.29 is 4.74 Å². The van der Waals surface area contributed by atoms with Crippen LogP contribution in [-0.4, -0.2) is 17.9 Å². The number of para-hydroxylation sites is 1. The fraction of sp³-hybridized carbons (Fsp3) is 0.182. The van der Waals surface area contributed by atoms with Gasteiger partial charge in [-0.25, -0.2) is 0 Å². The third-order valence-electron chi connectivity index (χ3n) is 4.51. The predicted octanol–water partition coefficient (Wildman–Crippen LogP) is 5.18. The molecule has 0 saturated carbocycles. The molecule has 0 heterocycles. The number of benzene rings is 3. The van der Waals surface area contributed by atoms with Crippen LogP contribution in [0.1, 0.15) is 23.6 Å². The monoisotopic (exact) mass is 377 g/mol. The highest BCUT2D eigenvalue weighted by Gasteiger charge is 2.05. The van der Waals surface area contributed by atoms with Crippen LogP contribution in [0, 0.1) is 13.8 Å². The van der Waals surface area contributed by atoms with Crippen LogP contribution >= 0.6 is 12.2 Å². The molecular formula is C22H23N3OS. The molecule has 0 fully saturated rings. The zero-order chi connectivity index (χ0) is 19.4. The number of rotatable bonds is 4. The number of hydrogen-bond acceptors (Lipinski definition) is 3. The first-order valence-electron chi connectivity index (χ1n) is 8.73. The van der Waals surface area contributed by atoms with Gasteiger partial charge in [-0.1, -0.05) is 36.4 Å². The quantitative estimate of drug-likeness (QED) is 0.374. The topological polar surface area (TPSA) is 45.6 Å². The van der Waals surface area contributed by atoms with Gasteiger partial charge in [-0.15, -0.1) is 0 Å². The van der Waals surface area contributed by atoms with E-state index in [0.29, 0.717) is 5.11 Å². The maximum absolute atomic E-state index is 5.39. The molecule has 0 spiro atoms. The average molecular weight is 378 g/mol. The van der Waals surface area contributed by atoms with Crippen LogP contribution in [0.3, 0.4) is 0 Å². The third kappa shape index (κ3) is 4.44. The van der Waals surface area contributed by atoms with Crippen molar-refractivity contribution in [3.05, 3.63) is 71.3 Å². The van der Waals surface area contributed by atoms with Gasteiger partial charge in [-0.05, 0) is 78.7 Å². The van der Waals surface area contributed by atoms with Crippen LogP contribution in [0.25, 0.3) is 10.8 Å². The van der Waals surface area contributed by atoms with E-state index in [0.717, 1.165) is 44.6 Å². The van der Waals surface area contributed by atoms with Crippen LogP contribution in [0.5, 0.6) is 5.75 Å². The fourth-order valence-electron chi connectivity index (χ4n) is 2.93. The molecule has 27 heavy (non-hydrogen) atoms. The van der Waals surface area contributed by atoms with E-state index in [1.807, 2.05) is 37.3 Å². The molecule has 0 unspecified atom stereocenters. The lowest BCUT2D eigenvalue weighted by Crippen LogP contribution is -2.25. The Balaban J connectivity index is 1.73. The standard InChI is InChI=1S/C22H23N3OS/c1-14-6-5-7-15(2)21(14)23-22(27)25-24-16(3)17-8-9-19-13-20(26-4)11-10-18(19)12-17/h5-13H,1-4H3,(H2,23,25,27)/b24-16-. The summed E-state index contributed by atoms with van der Waals surface area (Å²) in [4.78, 5) is 0. The number of nitrogens with zero attached hydrogens (tertiary/aromatic N) is 1. The number of methoxy groups -OCH3 is 1. The summed E-state index contributed by atoms with van der Waals surface area (Å²) in [6.07, 6.45) is 0. The Hall–Kier alpha value is -2.92. The molecule has 3 aromatic carbocycles. The summed E-state index contributed by atoms with van der Waals surface area (Å²) in [7, 11) is 1.67. The van der Waals surface area contributed by atoms with Gasteiger partial charge < -0.3 is 10.1 Å². The highest BCUT2D eigenvalue weighted by molar-refractivity contribution is 7.80. The number of anilines is 1. The highest BCUT2D eigenvalue weighted by Crippen LogP contribution is 2.22. The molecule has 0 aliphatic rings. The zero-order valence-corrected chi connectivity index (χ0v) is 16.8. The first-order chi connectivity index (χ1) is 13.0. The van der Waals surface area contributed by atoms with E-state index >= 15 is 0 Å². The summed E-state index contributed by atoms with van der Waals surface area (Å²) in [5.41, 5.74) is 8.14. The van der Waals surface area contributed by atoms with E-state index in [9.17, 15) is 0 Å². The van der Waals surface area contributed by atoms with Gasteiger partial charge in [0.25, 0.3) is 0 Å². The Morgan fingerprint density at radius 3 is 2.33 bits per heavy atom. The lowest BCUT2D eigenvalue weighted by atomic mass is 10.0. The molecule has 3 rings (SSSR count). The minimum Gasteiger partial charge on any atom is -0.497 e. The van der Waals surface area contributed by atoms with Gasteiger partial charge in [0.05, 0.1) is 12.8 Å². The molecule has 4 nitrogen and oxygen atoms in total. The maximum atomic E-state index is 5.39. The molecule has 5 heteroatoms. The summed E-state index contributed by atoms with van der Waals surface area (Å²) < 4.78 is 5.28. The van der Waals surface area contributed by atoms with Crippen molar-refractivity contribution in [3.63, 3.8) is 0 Å². The molecule has 3 aromatic rings. The molecule has 2 N–H and O–H groups in total. The van der Waals surface area contributed by atoms with Gasteiger partial charge in [0.1, 0.15) is 5.75 Å².